The number of rotatable bonds is 8. The molecular weight excluding hydrogens is 335 g/mol. The largest absolute Gasteiger partial charge is 0.356 e. The molecular formula is C19H31FN4S. The van der Waals surface area contributed by atoms with Crippen LogP contribution in [0.15, 0.2) is 34.2 Å². The van der Waals surface area contributed by atoms with E-state index >= 15 is 0 Å². The molecule has 2 rings (SSSR count). The van der Waals surface area contributed by atoms with Gasteiger partial charge in [-0.3, -0.25) is 4.99 Å². The first kappa shape index (κ1) is 20.0. The molecule has 0 aliphatic carbocycles. The van der Waals surface area contributed by atoms with Crippen LogP contribution in [-0.2, 0) is 0 Å². The van der Waals surface area contributed by atoms with Crippen LogP contribution in [0.5, 0.6) is 0 Å². The van der Waals surface area contributed by atoms with Crippen molar-refractivity contribution in [2.75, 3.05) is 39.0 Å². The average molecular weight is 367 g/mol. The van der Waals surface area contributed by atoms with Crippen LogP contribution in [-0.4, -0.2) is 55.9 Å². The first-order valence-corrected chi connectivity index (χ1v) is 10.3. The lowest BCUT2D eigenvalue weighted by atomic mass is 10.1. The maximum Gasteiger partial charge on any atom is 0.191 e. The highest BCUT2D eigenvalue weighted by atomic mass is 32.2. The number of hydrogen-bond donors (Lipinski definition) is 2. The van der Waals surface area contributed by atoms with Crippen molar-refractivity contribution < 1.29 is 4.39 Å². The third-order valence-electron chi connectivity index (χ3n) is 4.39. The van der Waals surface area contributed by atoms with Gasteiger partial charge in [-0.05, 0) is 62.2 Å². The number of likely N-dealkylation sites (tertiary alicyclic amines) is 1. The van der Waals surface area contributed by atoms with Gasteiger partial charge in [-0.1, -0.05) is 6.92 Å². The van der Waals surface area contributed by atoms with E-state index in [2.05, 4.69) is 27.4 Å². The highest BCUT2D eigenvalue weighted by Crippen LogP contribution is 2.18. The summed E-state index contributed by atoms with van der Waals surface area (Å²) in [7, 11) is 1.83. The second-order valence-electron chi connectivity index (χ2n) is 6.42. The molecule has 1 fully saturated rings. The van der Waals surface area contributed by atoms with E-state index in [1.54, 1.807) is 11.8 Å². The Morgan fingerprint density at radius 3 is 2.64 bits per heavy atom. The van der Waals surface area contributed by atoms with Gasteiger partial charge in [-0.25, -0.2) is 4.39 Å². The van der Waals surface area contributed by atoms with Crippen LogP contribution in [0.2, 0.25) is 0 Å². The fraction of sp³-hybridized carbons (Fsp3) is 0.632. The second kappa shape index (κ2) is 11.4. The van der Waals surface area contributed by atoms with Gasteiger partial charge < -0.3 is 15.5 Å². The quantitative estimate of drug-likeness (QED) is 0.320. The van der Waals surface area contributed by atoms with Gasteiger partial charge in [0.15, 0.2) is 5.96 Å². The van der Waals surface area contributed by atoms with Gasteiger partial charge >= 0.3 is 0 Å². The summed E-state index contributed by atoms with van der Waals surface area (Å²) in [6.07, 6.45) is 4.64. The van der Waals surface area contributed by atoms with Crippen LogP contribution in [0, 0.1) is 5.82 Å². The molecule has 0 radical (unpaired) electrons. The Labute approximate surface area is 155 Å². The highest BCUT2D eigenvalue weighted by Gasteiger charge is 2.19. The molecule has 1 saturated heterocycles. The maximum absolute atomic E-state index is 12.9. The highest BCUT2D eigenvalue weighted by molar-refractivity contribution is 7.99. The van der Waals surface area contributed by atoms with Gasteiger partial charge in [0.25, 0.3) is 0 Å². The van der Waals surface area contributed by atoms with Crippen LogP contribution >= 0.6 is 11.8 Å². The first-order chi connectivity index (χ1) is 12.2. The van der Waals surface area contributed by atoms with Crippen LogP contribution in [0.4, 0.5) is 4.39 Å². The summed E-state index contributed by atoms with van der Waals surface area (Å²) in [6.45, 7) is 6.70. The molecule has 1 aliphatic heterocycles. The Bertz CT molecular complexity index is 513. The monoisotopic (exact) mass is 366 g/mol. The number of guanidine groups is 1. The summed E-state index contributed by atoms with van der Waals surface area (Å²) < 4.78 is 12.9. The van der Waals surface area contributed by atoms with Crippen molar-refractivity contribution in [3.05, 3.63) is 30.1 Å². The van der Waals surface area contributed by atoms with Crippen molar-refractivity contribution in [3.63, 3.8) is 0 Å². The van der Waals surface area contributed by atoms with E-state index < -0.39 is 0 Å². The molecule has 0 spiro atoms. The number of halogens is 1. The zero-order valence-electron chi connectivity index (χ0n) is 15.4. The minimum Gasteiger partial charge on any atom is -0.356 e. The lowest BCUT2D eigenvalue weighted by molar-refractivity contribution is 0.206. The summed E-state index contributed by atoms with van der Waals surface area (Å²) in [5.74, 6) is 1.73. The molecule has 6 heteroatoms. The van der Waals surface area contributed by atoms with Gasteiger partial charge in [0.2, 0.25) is 0 Å². The van der Waals surface area contributed by atoms with Crippen molar-refractivity contribution in [1.82, 2.24) is 15.5 Å². The predicted octanol–water partition coefficient (Wildman–Crippen LogP) is 3.35. The fourth-order valence-corrected chi connectivity index (χ4v) is 3.86. The SMILES string of the molecule is CCCN1CCC(NC(=NC)NCCCSc2ccc(F)cc2)CC1. The number of aliphatic imine (C=N–C) groups is 1. The summed E-state index contributed by atoms with van der Waals surface area (Å²) in [4.78, 5) is 7.99. The minimum atomic E-state index is -0.179. The molecule has 0 saturated carbocycles. The Balaban J connectivity index is 1.58. The molecule has 0 bridgehead atoms. The molecule has 4 nitrogen and oxygen atoms in total. The molecule has 0 aromatic heterocycles. The van der Waals surface area contributed by atoms with Crippen LogP contribution in [0.3, 0.4) is 0 Å². The molecule has 140 valence electrons. The van der Waals surface area contributed by atoms with E-state index in [1.165, 1.54) is 51.0 Å². The third kappa shape index (κ3) is 7.65. The predicted molar refractivity (Wildman–Crippen MR) is 106 cm³/mol. The minimum absolute atomic E-state index is 0.179. The van der Waals surface area contributed by atoms with Crippen molar-refractivity contribution in [2.24, 2.45) is 4.99 Å². The first-order valence-electron chi connectivity index (χ1n) is 9.29. The van der Waals surface area contributed by atoms with Gasteiger partial charge in [0.05, 0.1) is 0 Å². The standard InChI is InChI=1S/C19H31FN4S/c1-3-12-24-13-9-17(10-14-24)23-19(21-2)22-11-4-15-25-18-7-5-16(20)6-8-18/h5-8,17H,3-4,9-15H2,1-2H3,(H2,21,22,23). The normalized spacial score (nSPS) is 16.8. The van der Waals surface area contributed by atoms with E-state index in [-0.39, 0.29) is 5.82 Å². The van der Waals surface area contributed by atoms with E-state index in [9.17, 15) is 4.39 Å². The zero-order chi connectivity index (χ0) is 17.9. The van der Waals surface area contributed by atoms with Gasteiger partial charge in [-0.15, -0.1) is 11.8 Å². The van der Waals surface area contributed by atoms with Crippen molar-refractivity contribution in [3.8, 4) is 0 Å². The van der Waals surface area contributed by atoms with Gasteiger partial charge in [0, 0.05) is 37.6 Å². The van der Waals surface area contributed by atoms with E-state index in [1.807, 2.05) is 19.2 Å². The fourth-order valence-electron chi connectivity index (χ4n) is 3.00. The molecule has 0 amide bonds. The van der Waals surface area contributed by atoms with E-state index in [0.717, 1.165) is 29.6 Å². The maximum atomic E-state index is 12.9. The van der Waals surface area contributed by atoms with Crippen LogP contribution < -0.4 is 10.6 Å². The molecule has 25 heavy (non-hydrogen) atoms. The molecule has 1 aromatic carbocycles. The summed E-state index contributed by atoms with van der Waals surface area (Å²) in [5.41, 5.74) is 0. The Morgan fingerprint density at radius 1 is 1.28 bits per heavy atom. The summed E-state index contributed by atoms with van der Waals surface area (Å²) in [6, 6.07) is 7.21. The summed E-state index contributed by atoms with van der Waals surface area (Å²) in [5, 5.41) is 6.95. The number of nitrogens with one attached hydrogen (secondary N) is 2. The number of hydrogen-bond acceptors (Lipinski definition) is 3. The number of thioether (sulfide) groups is 1. The molecule has 1 heterocycles. The smallest absolute Gasteiger partial charge is 0.191 e. The number of nitrogens with zero attached hydrogens (tertiary/aromatic N) is 2. The second-order valence-corrected chi connectivity index (χ2v) is 7.58. The lowest BCUT2D eigenvalue weighted by Gasteiger charge is -2.32. The number of piperidine rings is 1. The lowest BCUT2D eigenvalue weighted by Crippen LogP contribution is -2.48. The number of benzene rings is 1. The Kier molecular flexibility index (Phi) is 9.11. The molecule has 0 atom stereocenters. The van der Waals surface area contributed by atoms with Crippen LogP contribution in [0.1, 0.15) is 32.6 Å². The van der Waals surface area contributed by atoms with E-state index in [4.69, 9.17) is 0 Å². The zero-order valence-corrected chi connectivity index (χ0v) is 16.2. The molecule has 2 N–H and O–H groups in total. The van der Waals surface area contributed by atoms with Crippen molar-refractivity contribution in [2.45, 2.75) is 43.5 Å². The molecule has 1 aromatic rings. The van der Waals surface area contributed by atoms with Crippen molar-refractivity contribution >= 4 is 17.7 Å². The third-order valence-corrected chi connectivity index (χ3v) is 5.49. The molecule has 1 aliphatic rings. The van der Waals surface area contributed by atoms with E-state index in [0.29, 0.717) is 6.04 Å². The topological polar surface area (TPSA) is 39.7 Å². The van der Waals surface area contributed by atoms with Crippen LogP contribution in [0.25, 0.3) is 0 Å². The average Bonchev–Trinajstić information content (AvgIpc) is 2.63. The Hall–Kier alpha value is -1.27. The van der Waals surface area contributed by atoms with Gasteiger partial charge in [0.1, 0.15) is 5.82 Å². The van der Waals surface area contributed by atoms with Crippen molar-refractivity contribution in [1.29, 1.82) is 0 Å². The molecule has 0 unspecified atom stereocenters. The summed E-state index contributed by atoms with van der Waals surface area (Å²) >= 11 is 1.76. The van der Waals surface area contributed by atoms with Gasteiger partial charge in [-0.2, -0.15) is 0 Å². The Morgan fingerprint density at radius 2 is 2.00 bits per heavy atom.